The average molecular weight is 185 g/mol. The Morgan fingerprint density at radius 3 is 2.43 bits per heavy atom. The molecule has 1 aromatic carbocycles. The smallest absolute Gasteiger partial charge is 0.0879 e. The zero-order chi connectivity index (χ0) is 10.4. The molecule has 0 heterocycles. The van der Waals surface area contributed by atoms with Gasteiger partial charge >= 0.3 is 0 Å². The normalized spacial score (nSPS) is 28.1. The first-order chi connectivity index (χ1) is 6.52. The molecular weight excluding hydrogens is 170 g/mol. The van der Waals surface area contributed by atoms with Gasteiger partial charge in [-0.15, -0.1) is 0 Å². The van der Waals surface area contributed by atoms with Crippen LogP contribution in [0.25, 0.3) is 0 Å². The molecule has 0 bridgehead atoms. The van der Waals surface area contributed by atoms with Gasteiger partial charge in [-0.3, -0.25) is 0 Å². The van der Waals surface area contributed by atoms with E-state index in [9.17, 15) is 5.26 Å². The highest BCUT2D eigenvalue weighted by atomic mass is 14.6. The third-order valence-electron chi connectivity index (χ3n) is 3.44. The van der Waals surface area contributed by atoms with E-state index in [0.717, 1.165) is 6.42 Å². The first kappa shape index (κ1) is 9.27. The molecule has 0 radical (unpaired) electrons. The second-order valence-electron chi connectivity index (χ2n) is 4.95. The van der Waals surface area contributed by atoms with Gasteiger partial charge in [-0.2, -0.15) is 5.26 Å². The molecule has 0 spiro atoms. The number of aryl methyl sites for hydroxylation is 1. The molecule has 1 heteroatoms. The molecule has 1 aliphatic carbocycles. The minimum absolute atomic E-state index is 0.148. The Balaban J connectivity index is 2.47. The zero-order valence-corrected chi connectivity index (χ0v) is 8.96. The van der Waals surface area contributed by atoms with E-state index in [1.165, 1.54) is 11.1 Å². The molecular formula is C13H15N. The molecule has 1 saturated carbocycles. The SMILES string of the molecule is Cc1cccc(C2(C#N)CC2(C)C)c1. The molecule has 72 valence electrons. The van der Waals surface area contributed by atoms with Gasteiger partial charge in [-0.1, -0.05) is 43.7 Å². The fraction of sp³-hybridized carbons (Fsp3) is 0.462. The van der Waals surface area contributed by atoms with Crippen LogP contribution in [0.3, 0.4) is 0 Å². The quantitative estimate of drug-likeness (QED) is 0.659. The van der Waals surface area contributed by atoms with Crippen LogP contribution in [-0.4, -0.2) is 0 Å². The standard InChI is InChI=1S/C13H15N/c1-10-5-4-6-11(7-10)13(9-14)8-12(13,2)3/h4-7H,8H2,1-3H3. The fourth-order valence-corrected chi connectivity index (χ4v) is 2.28. The molecule has 0 N–H and O–H groups in total. The number of nitriles is 1. The predicted molar refractivity (Wildman–Crippen MR) is 56.9 cm³/mol. The van der Waals surface area contributed by atoms with Crippen LogP contribution in [0, 0.1) is 23.7 Å². The summed E-state index contributed by atoms with van der Waals surface area (Å²) >= 11 is 0. The summed E-state index contributed by atoms with van der Waals surface area (Å²) in [5.41, 5.74) is 2.35. The summed E-state index contributed by atoms with van der Waals surface area (Å²) in [5.74, 6) is 0. The summed E-state index contributed by atoms with van der Waals surface area (Å²) in [6.45, 7) is 6.40. The highest BCUT2D eigenvalue weighted by molar-refractivity contribution is 5.45. The number of nitrogens with zero attached hydrogens (tertiary/aromatic N) is 1. The van der Waals surface area contributed by atoms with Crippen LogP contribution < -0.4 is 0 Å². The molecule has 1 atom stereocenters. The monoisotopic (exact) mass is 185 g/mol. The highest BCUT2D eigenvalue weighted by Gasteiger charge is 2.62. The lowest BCUT2D eigenvalue weighted by molar-refractivity contribution is 0.570. The van der Waals surface area contributed by atoms with Crippen molar-refractivity contribution >= 4 is 0 Å². The van der Waals surface area contributed by atoms with Gasteiger partial charge in [0.15, 0.2) is 0 Å². The van der Waals surface area contributed by atoms with Crippen molar-refractivity contribution in [1.82, 2.24) is 0 Å². The van der Waals surface area contributed by atoms with E-state index in [4.69, 9.17) is 0 Å². The van der Waals surface area contributed by atoms with Crippen LogP contribution in [0.4, 0.5) is 0 Å². The molecule has 0 amide bonds. The minimum Gasteiger partial charge on any atom is -0.197 e. The van der Waals surface area contributed by atoms with Gasteiger partial charge in [0.1, 0.15) is 0 Å². The Kier molecular flexibility index (Phi) is 1.72. The van der Waals surface area contributed by atoms with Gasteiger partial charge < -0.3 is 0 Å². The third kappa shape index (κ3) is 1.07. The molecule has 2 rings (SSSR count). The summed E-state index contributed by atoms with van der Waals surface area (Å²) in [6, 6.07) is 10.8. The second-order valence-corrected chi connectivity index (χ2v) is 4.95. The van der Waals surface area contributed by atoms with E-state index in [1.807, 2.05) is 6.07 Å². The number of rotatable bonds is 1. The molecule has 1 unspecified atom stereocenters. The van der Waals surface area contributed by atoms with Crippen LogP contribution in [0.5, 0.6) is 0 Å². The van der Waals surface area contributed by atoms with Crippen LogP contribution in [0.15, 0.2) is 24.3 Å². The van der Waals surface area contributed by atoms with E-state index in [0.29, 0.717) is 0 Å². The van der Waals surface area contributed by atoms with E-state index in [1.54, 1.807) is 0 Å². The Morgan fingerprint density at radius 2 is 2.00 bits per heavy atom. The molecule has 0 aromatic heterocycles. The van der Waals surface area contributed by atoms with Crippen LogP contribution in [-0.2, 0) is 5.41 Å². The topological polar surface area (TPSA) is 23.8 Å². The summed E-state index contributed by atoms with van der Waals surface area (Å²) in [7, 11) is 0. The van der Waals surface area contributed by atoms with Gasteiger partial charge in [-0.25, -0.2) is 0 Å². The lowest BCUT2D eigenvalue weighted by Gasteiger charge is -2.12. The van der Waals surface area contributed by atoms with Crippen molar-refractivity contribution < 1.29 is 0 Å². The number of hydrogen-bond acceptors (Lipinski definition) is 1. The number of benzene rings is 1. The van der Waals surface area contributed by atoms with Crippen molar-refractivity contribution in [2.45, 2.75) is 32.6 Å². The van der Waals surface area contributed by atoms with Crippen molar-refractivity contribution in [1.29, 1.82) is 5.26 Å². The molecule has 1 fully saturated rings. The molecule has 1 aromatic rings. The molecule has 0 aliphatic heterocycles. The van der Waals surface area contributed by atoms with Crippen molar-refractivity contribution in [3.8, 4) is 6.07 Å². The van der Waals surface area contributed by atoms with E-state index in [2.05, 4.69) is 45.0 Å². The fourth-order valence-electron chi connectivity index (χ4n) is 2.28. The van der Waals surface area contributed by atoms with Crippen molar-refractivity contribution in [2.75, 3.05) is 0 Å². The van der Waals surface area contributed by atoms with Gasteiger partial charge in [0.05, 0.1) is 11.5 Å². The maximum Gasteiger partial charge on any atom is 0.0879 e. The summed E-state index contributed by atoms with van der Waals surface area (Å²) in [6.07, 6.45) is 0.986. The van der Waals surface area contributed by atoms with E-state index < -0.39 is 0 Å². The largest absolute Gasteiger partial charge is 0.197 e. The Labute approximate surface area is 85.4 Å². The predicted octanol–water partition coefficient (Wildman–Crippen LogP) is 3.19. The average Bonchev–Trinajstić information content (AvgIpc) is 2.70. The first-order valence-electron chi connectivity index (χ1n) is 5.00. The van der Waals surface area contributed by atoms with Crippen molar-refractivity contribution in [3.05, 3.63) is 35.4 Å². The maximum absolute atomic E-state index is 9.29. The highest BCUT2D eigenvalue weighted by Crippen LogP contribution is 2.63. The molecule has 14 heavy (non-hydrogen) atoms. The Hall–Kier alpha value is -1.29. The minimum atomic E-state index is -0.223. The first-order valence-corrected chi connectivity index (χ1v) is 5.00. The van der Waals surface area contributed by atoms with Crippen molar-refractivity contribution in [3.63, 3.8) is 0 Å². The van der Waals surface area contributed by atoms with Crippen LogP contribution in [0.2, 0.25) is 0 Å². The lowest BCUT2D eigenvalue weighted by atomic mass is 9.88. The van der Waals surface area contributed by atoms with E-state index in [-0.39, 0.29) is 10.8 Å². The van der Waals surface area contributed by atoms with Crippen LogP contribution in [0.1, 0.15) is 31.4 Å². The van der Waals surface area contributed by atoms with E-state index >= 15 is 0 Å². The maximum atomic E-state index is 9.29. The van der Waals surface area contributed by atoms with Gasteiger partial charge in [0, 0.05) is 0 Å². The van der Waals surface area contributed by atoms with Gasteiger partial charge in [0.2, 0.25) is 0 Å². The summed E-state index contributed by atoms with van der Waals surface area (Å²) < 4.78 is 0. The Bertz CT molecular complexity index is 411. The summed E-state index contributed by atoms with van der Waals surface area (Å²) in [4.78, 5) is 0. The molecule has 1 nitrogen and oxygen atoms in total. The third-order valence-corrected chi connectivity index (χ3v) is 3.44. The lowest BCUT2D eigenvalue weighted by Crippen LogP contribution is -2.11. The second kappa shape index (κ2) is 2.60. The van der Waals surface area contributed by atoms with Crippen LogP contribution >= 0.6 is 0 Å². The Morgan fingerprint density at radius 1 is 1.36 bits per heavy atom. The van der Waals surface area contributed by atoms with Crippen molar-refractivity contribution in [2.24, 2.45) is 5.41 Å². The summed E-state index contributed by atoms with van der Waals surface area (Å²) in [5, 5.41) is 9.29. The van der Waals surface area contributed by atoms with Gasteiger partial charge in [-0.05, 0) is 24.3 Å². The number of hydrogen-bond donors (Lipinski definition) is 0. The zero-order valence-electron chi connectivity index (χ0n) is 8.96. The molecule has 0 saturated heterocycles. The molecule has 1 aliphatic rings. The van der Waals surface area contributed by atoms with Gasteiger partial charge in [0.25, 0.3) is 0 Å².